The maximum Gasteiger partial charge on any atom is 0.329 e. The molecule has 1 rings (SSSR count). The molecule has 1 atom stereocenters. The molecule has 0 radical (unpaired) electrons. The summed E-state index contributed by atoms with van der Waals surface area (Å²) in [7, 11) is 1.74. The Morgan fingerprint density at radius 1 is 1.21 bits per heavy atom. The van der Waals surface area contributed by atoms with Crippen molar-refractivity contribution in [3.8, 4) is 0 Å². The Kier molecular flexibility index (Phi) is 6.51. The van der Waals surface area contributed by atoms with Gasteiger partial charge < -0.3 is 15.3 Å². The molecular weight excluding hydrogens is 308 g/mol. The first-order chi connectivity index (χ1) is 11.1. The fourth-order valence-electron chi connectivity index (χ4n) is 2.17. The molecule has 0 aliphatic rings. The third-order valence-corrected chi connectivity index (χ3v) is 4.07. The molecule has 24 heavy (non-hydrogen) atoms. The maximum absolute atomic E-state index is 12.2. The van der Waals surface area contributed by atoms with Gasteiger partial charge in [0.1, 0.15) is 5.54 Å². The van der Waals surface area contributed by atoms with Crippen molar-refractivity contribution in [1.29, 1.82) is 0 Å². The molecule has 0 fully saturated rings. The third kappa shape index (κ3) is 4.81. The van der Waals surface area contributed by atoms with Crippen LogP contribution in [0.5, 0.6) is 0 Å². The maximum atomic E-state index is 12.2. The predicted molar refractivity (Wildman–Crippen MR) is 91.6 cm³/mol. The first kappa shape index (κ1) is 19.7. The van der Waals surface area contributed by atoms with E-state index in [4.69, 9.17) is 0 Å². The highest BCUT2D eigenvalue weighted by Crippen LogP contribution is 2.13. The van der Waals surface area contributed by atoms with Crippen LogP contribution >= 0.6 is 0 Å². The Morgan fingerprint density at radius 2 is 1.75 bits per heavy atom. The van der Waals surface area contributed by atoms with Crippen LogP contribution in [0.4, 0.5) is 0 Å². The lowest BCUT2D eigenvalue weighted by atomic mass is 9.98. The van der Waals surface area contributed by atoms with Crippen molar-refractivity contribution in [2.75, 3.05) is 7.05 Å². The number of carbonyl (C=O) groups is 3. The fourth-order valence-corrected chi connectivity index (χ4v) is 2.17. The molecular formula is C18H26N2O4. The number of hydrogen-bond acceptors (Lipinski definition) is 3. The topological polar surface area (TPSA) is 86.7 Å². The SMILES string of the molecule is CCC(C)(NC(=O)c1ccc(CN(C)C(=O)C(C)C)cc1)C(=O)O. The van der Waals surface area contributed by atoms with Gasteiger partial charge in [0.2, 0.25) is 5.91 Å². The second-order valence-electron chi connectivity index (χ2n) is 6.49. The number of nitrogens with one attached hydrogen (secondary N) is 1. The number of rotatable bonds is 7. The van der Waals surface area contributed by atoms with Crippen LogP contribution in [-0.2, 0) is 16.1 Å². The van der Waals surface area contributed by atoms with Crippen molar-refractivity contribution in [2.45, 2.75) is 46.2 Å². The molecule has 6 heteroatoms. The van der Waals surface area contributed by atoms with Crippen molar-refractivity contribution < 1.29 is 19.5 Å². The quantitative estimate of drug-likeness (QED) is 0.801. The van der Waals surface area contributed by atoms with Crippen LogP contribution in [-0.4, -0.2) is 40.4 Å². The Balaban J connectivity index is 2.79. The van der Waals surface area contributed by atoms with Crippen molar-refractivity contribution in [1.82, 2.24) is 10.2 Å². The highest BCUT2D eigenvalue weighted by atomic mass is 16.4. The van der Waals surface area contributed by atoms with E-state index in [0.717, 1.165) is 5.56 Å². The number of benzene rings is 1. The van der Waals surface area contributed by atoms with Gasteiger partial charge >= 0.3 is 5.97 Å². The molecule has 0 bridgehead atoms. The van der Waals surface area contributed by atoms with Crippen molar-refractivity contribution in [2.24, 2.45) is 5.92 Å². The highest BCUT2D eigenvalue weighted by molar-refractivity contribution is 5.97. The van der Waals surface area contributed by atoms with Crippen LogP contribution in [0.3, 0.4) is 0 Å². The predicted octanol–water partition coefficient (Wildman–Crippen LogP) is 2.28. The summed E-state index contributed by atoms with van der Waals surface area (Å²) in [6.45, 7) is 7.34. The van der Waals surface area contributed by atoms with Gasteiger partial charge in [0.15, 0.2) is 0 Å². The second kappa shape index (κ2) is 7.95. The Labute approximate surface area is 142 Å². The summed E-state index contributed by atoms with van der Waals surface area (Å²) >= 11 is 0. The summed E-state index contributed by atoms with van der Waals surface area (Å²) in [6.07, 6.45) is 0.286. The molecule has 2 amide bonds. The minimum absolute atomic E-state index is 0.0528. The lowest BCUT2D eigenvalue weighted by Crippen LogP contribution is -2.51. The number of aliphatic carboxylic acids is 1. The Morgan fingerprint density at radius 3 is 2.17 bits per heavy atom. The molecule has 0 saturated carbocycles. The zero-order valence-electron chi connectivity index (χ0n) is 14.9. The zero-order chi connectivity index (χ0) is 18.5. The van der Waals surface area contributed by atoms with Gasteiger partial charge in [0, 0.05) is 25.1 Å². The van der Waals surface area contributed by atoms with E-state index in [2.05, 4.69) is 5.32 Å². The molecule has 132 valence electrons. The Hall–Kier alpha value is -2.37. The first-order valence-corrected chi connectivity index (χ1v) is 8.00. The molecule has 0 aromatic heterocycles. The van der Waals surface area contributed by atoms with E-state index in [1.165, 1.54) is 6.92 Å². The number of carboxylic acid groups (broad SMARTS) is 1. The molecule has 1 aromatic rings. The van der Waals surface area contributed by atoms with Crippen LogP contribution in [0.1, 0.15) is 50.0 Å². The number of nitrogens with zero attached hydrogens (tertiary/aromatic N) is 1. The van der Waals surface area contributed by atoms with Crippen molar-refractivity contribution >= 4 is 17.8 Å². The van der Waals surface area contributed by atoms with Gasteiger partial charge in [-0.25, -0.2) is 4.79 Å². The molecule has 0 aliphatic heterocycles. The van der Waals surface area contributed by atoms with Crippen LogP contribution < -0.4 is 5.32 Å². The highest BCUT2D eigenvalue weighted by Gasteiger charge is 2.32. The monoisotopic (exact) mass is 334 g/mol. The lowest BCUT2D eigenvalue weighted by molar-refractivity contribution is -0.143. The van der Waals surface area contributed by atoms with E-state index in [0.29, 0.717) is 12.1 Å². The number of amides is 2. The first-order valence-electron chi connectivity index (χ1n) is 8.00. The summed E-state index contributed by atoms with van der Waals surface area (Å²) in [5, 5.41) is 11.8. The average Bonchev–Trinajstić information content (AvgIpc) is 2.54. The summed E-state index contributed by atoms with van der Waals surface area (Å²) in [4.78, 5) is 37.0. The molecule has 2 N–H and O–H groups in total. The van der Waals surface area contributed by atoms with Gasteiger partial charge in [-0.2, -0.15) is 0 Å². The van der Waals surface area contributed by atoms with Gasteiger partial charge in [-0.3, -0.25) is 9.59 Å². The lowest BCUT2D eigenvalue weighted by Gasteiger charge is -2.24. The minimum atomic E-state index is -1.29. The Bertz CT molecular complexity index is 610. The molecule has 0 aliphatic carbocycles. The van der Waals surface area contributed by atoms with Gasteiger partial charge in [0.05, 0.1) is 0 Å². The zero-order valence-corrected chi connectivity index (χ0v) is 14.9. The molecule has 6 nitrogen and oxygen atoms in total. The van der Waals surface area contributed by atoms with Gasteiger partial charge in [-0.1, -0.05) is 32.9 Å². The van der Waals surface area contributed by atoms with E-state index in [1.54, 1.807) is 43.1 Å². The smallest absolute Gasteiger partial charge is 0.329 e. The average molecular weight is 334 g/mol. The number of carbonyl (C=O) groups excluding carboxylic acids is 2. The molecule has 0 spiro atoms. The fraction of sp³-hybridized carbons (Fsp3) is 0.500. The van der Waals surface area contributed by atoms with Gasteiger partial charge in [-0.15, -0.1) is 0 Å². The van der Waals surface area contributed by atoms with Crippen LogP contribution in [0.15, 0.2) is 24.3 Å². The molecule has 1 aromatic carbocycles. The van der Waals surface area contributed by atoms with E-state index in [1.807, 2.05) is 13.8 Å². The number of carboxylic acids is 1. The molecule has 0 heterocycles. The second-order valence-corrected chi connectivity index (χ2v) is 6.49. The molecule has 0 saturated heterocycles. The molecule has 1 unspecified atom stereocenters. The van der Waals surface area contributed by atoms with Gasteiger partial charge in [0.25, 0.3) is 5.91 Å². The third-order valence-electron chi connectivity index (χ3n) is 4.07. The summed E-state index contributed by atoms with van der Waals surface area (Å²) in [5.41, 5.74) is -0.00307. The van der Waals surface area contributed by atoms with E-state index >= 15 is 0 Å². The normalized spacial score (nSPS) is 13.2. The van der Waals surface area contributed by atoms with Gasteiger partial charge in [-0.05, 0) is 31.0 Å². The van der Waals surface area contributed by atoms with Crippen LogP contribution in [0, 0.1) is 5.92 Å². The van der Waals surface area contributed by atoms with Crippen LogP contribution in [0.2, 0.25) is 0 Å². The van der Waals surface area contributed by atoms with Crippen molar-refractivity contribution in [3.63, 3.8) is 0 Å². The largest absolute Gasteiger partial charge is 0.480 e. The summed E-state index contributed by atoms with van der Waals surface area (Å²) in [5.74, 6) is -1.51. The van der Waals surface area contributed by atoms with Crippen LogP contribution in [0.25, 0.3) is 0 Å². The summed E-state index contributed by atoms with van der Waals surface area (Å²) < 4.78 is 0. The summed E-state index contributed by atoms with van der Waals surface area (Å²) in [6, 6.07) is 6.80. The van der Waals surface area contributed by atoms with E-state index in [9.17, 15) is 19.5 Å². The van der Waals surface area contributed by atoms with Crippen molar-refractivity contribution in [3.05, 3.63) is 35.4 Å². The van der Waals surface area contributed by atoms with E-state index < -0.39 is 17.4 Å². The van der Waals surface area contributed by atoms with E-state index in [-0.39, 0.29) is 18.2 Å². The minimum Gasteiger partial charge on any atom is -0.480 e. The number of hydrogen-bond donors (Lipinski definition) is 2. The standard InChI is InChI=1S/C18H26N2O4/c1-6-18(4,17(23)24)19-15(21)14-9-7-13(8-10-14)11-20(5)16(22)12(2)3/h7-10,12H,6,11H2,1-5H3,(H,19,21)(H,23,24).